The lowest BCUT2D eigenvalue weighted by Gasteiger charge is -2.45. The molecule has 0 spiro atoms. The van der Waals surface area contributed by atoms with Crippen molar-refractivity contribution in [1.29, 1.82) is 0 Å². The van der Waals surface area contributed by atoms with Crippen molar-refractivity contribution in [2.75, 3.05) is 13.7 Å². The van der Waals surface area contributed by atoms with Crippen LogP contribution >= 0.6 is 0 Å². The van der Waals surface area contributed by atoms with Gasteiger partial charge in [0.15, 0.2) is 6.10 Å². The molecule has 0 saturated carbocycles. The first-order valence-electron chi connectivity index (χ1n) is 9.70. The molecule has 160 valence electrons. The van der Waals surface area contributed by atoms with Crippen molar-refractivity contribution >= 4 is 21.9 Å². The number of amides is 1. The number of nitrogens with zero attached hydrogens (tertiary/aromatic N) is 1. The molecule has 0 bridgehead atoms. The Balaban J connectivity index is 1.77. The second kappa shape index (κ2) is 8.97. The Morgan fingerprint density at radius 3 is 2.30 bits per heavy atom. The predicted molar refractivity (Wildman–Crippen MR) is 110 cm³/mol. The average molecular weight is 432 g/mol. The van der Waals surface area contributed by atoms with Crippen LogP contribution in [0.3, 0.4) is 0 Å². The van der Waals surface area contributed by atoms with Crippen LogP contribution in [0.2, 0.25) is 0 Å². The van der Waals surface area contributed by atoms with Gasteiger partial charge in [0, 0.05) is 7.11 Å². The van der Waals surface area contributed by atoms with E-state index in [2.05, 4.69) is 0 Å². The number of benzene rings is 2. The number of β-lactam (4-membered cyclic amide) rings is 1. The molecule has 1 heterocycles. The first-order valence-corrected chi connectivity index (χ1v) is 11.1. The van der Waals surface area contributed by atoms with Crippen LogP contribution in [0.5, 0.6) is 0 Å². The maximum Gasteiger partial charge on any atom is 0.339 e. The normalized spacial score (nSPS) is 19.8. The van der Waals surface area contributed by atoms with Crippen LogP contribution in [0.4, 0.5) is 0 Å². The number of methoxy groups -OCH3 is 1. The number of ether oxygens (including phenoxy) is 2. The molecule has 0 unspecified atom stereocenters. The highest BCUT2D eigenvalue weighted by Gasteiger charge is 2.53. The van der Waals surface area contributed by atoms with E-state index in [1.165, 1.54) is 19.2 Å². The van der Waals surface area contributed by atoms with Crippen molar-refractivity contribution in [3.8, 4) is 0 Å². The molecule has 0 aliphatic carbocycles. The van der Waals surface area contributed by atoms with Crippen LogP contribution in [0.15, 0.2) is 59.5 Å². The van der Waals surface area contributed by atoms with Crippen LogP contribution in [-0.2, 0) is 29.1 Å². The van der Waals surface area contributed by atoms with Crippen molar-refractivity contribution in [2.45, 2.75) is 37.3 Å². The van der Waals surface area contributed by atoms with Crippen molar-refractivity contribution < 1.29 is 27.5 Å². The van der Waals surface area contributed by atoms with Gasteiger partial charge in [0.25, 0.3) is 10.0 Å². The summed E-state index contributed by atoms with van der Waals surface area (Å²) in [5.74, 6) is -1.63. The summed E-state index contributed by atoms with van der Waals surface area (Å²) in [6.07, 6.45) is -0.475. The van der Waals surface area contributed by atoms with Crippen molar-refractivity contribution in [1.82, 2.24) is 4.31 Å². The summed E-state index contributed by atoms with van der Waals surface area (Å²) < 4.78 is 37.5. The Bertz CT molecular complexity index is 1000. The van der Waals surface area contributed by atoms with E-state index < -0.39 is 40.0 Å². The van der Waals surface area contributed by atoms with Gasteiger partial charge in [-0.1, -0.05) is 55.0 Å². The van der Waals surface area contributed by atoms with E-state index in [4.69, 9.17) is 9.47 Å². The lowest BCUT2D eigenvalue weighted by atomic mass is 9.88. The largest absolute Gasteiger partial charge is 0.461 e. The standard InChI is InChI=1S/C22H25NO6S/c1-4-18-19(14-29-22(25)20(28-3)16-8-6-5-7-9-16)23(21(18)24)30(26,27)17-12-10-15(2)11-13-17/h5-13,18-20H,4,14H2,1-3H3/t18-,19+,20-/m1/s1. The Morgan fingerprint density at radius 1 is 1.10 bits per heavy atom. The minimum Gasteiger partial charge on any atom is -0.461 e. The summed E-state index contributed by atoms with van der Waals surface area (Å²) in [5.41, 5.74) is 1.54. The maximum absolute atomic E-state index is 13.0. The van der Waals surface area contributed by atoms with Gasteiger partial charge in [0.05, 0.1) is 16.9 Å². The first-order chi connectivity index (χ1) is 14.3. The van der Waals surface area contributed by atoms with Gasteiger partial charge in [0.2, 0.25) is 5.91 Å². The Kier molecular flexibility index (Phi) is 6.58. The average Bonchev–Trinajstić information content (AvgIpc) is 2.72. The van der Waals surface area contributed by atoms with E-state index in [1.807, 2.05) is 13.0 Å². The summed E-state index contributed by atoms with van der Waals surface area (Å²) >= 11 is 0. The molecule has 2 aromatic rings. The van der Waals surface area contributed by atoms with Crippen molar-refractivity contribution in [3.63, 3.8) is 0 Å². The van der Waals surface area contributed by atoms with Crippen LogP contribution in [-0.4, -0.2) is 44.4 Å². The third kappa shape index (κ3) is 4.11. The molecule has 1 amide bonds. The number of sulfonamides is 1. The highest BCUT2D eigenvalue weighted by molar-refractivity contribution is 7.89. The van der Waals surface area contributed by atoms with Gasteiger partial charge in [-0.05, 0) is 31.0 Å². The third-order valence-corrected chi connectivity index (χ3v) is 7.10. The molecule has 8 heteroatoms. The smallest absolute Gasteiger partial charge is 0.339 e. The molecule has 0 radical (unpaired) electrons. The van der Waals surface area contributed by atoms with Gasteiger partial charge in [0.1, 0.15) is 6.61 Å². The Hall–Kier alpha value is -2.71. The lowest BCUT2D eigenvalue weighted by Crippen LogP contribution is -2.64. The van der Waals surface area contributed by atoms with Gasteiger partial charge < -0.3 is 9.47 Å². The van der Waals surface area contributed by atoms with Gasteiger partial charge in [-0.15, -0.1) is 0 Å². The number of carbonyl (C=O) groups is 2. The zero-order chi connectivity index (χ0) is 21.9. The summed E-state index contributed by atoms with van der Waals surface area (Å²) in [4.78, 5) is 25.1. The van der Waals surface area contributed by atoms with E-state index in [9.17, 15) is 18.0 Å². The molecule has 0 aromatic heterocycles. The van der Waals surface area contributed by atoms with Crippen LogP contribution in [0.25, 0.3) is 0 Å². The number of rotatable bonds is 8. The van der Waals surface area contributed by atoms with Crippen LogP contribution < -0.4 is 0 Å². The minimum atomic E-state index is -4.02. The Labute approximate surface area is 176 Å². The quantitative estimate of drug-likeness (QED) is 0.472. The fourth-order valence-electron chi connectivity index (χ4n) is 3.56. The van der Waals surface area contributed by atoms with Gasteiger partial charge in [-0.2, -0.15) is 0 Å². The fraction of sp³-hybridized carbons (Fsp3) is 0.364. The molecule has 3 atom stereocenters. The molecule has 1 fully saturated rings. The SMILES string of the molecule is CC[C@H]1C(=O)N(S(=O)(=O)c2ccc(C)cc2)[C@H]1COC(=O)[C@H](OC)c1ccccc1. The molecule has 0 N–H and O–H groups in total. The zero-order valence-corrected chi connectivity index (χ0v) is 18.0. The topological polar surface area (TPSA) is 90.0 Å². The molecule has 7 nitrogen and oxygen atoms in total. The van der Waals surface area contributed by atoms with Crippen LogP contribution in [0, 0.1) is 12.8 Å². The van der Waals surface area contributed by atoms with E-state index in [-0.39, 0.29) is 11.5 Å². The summed E-state index contributed by atoms with van der Waals surface area (Å²) in [5, 5.41) is 0. The van der Waals surface area contributed by atoms with E-state index in [0.717, 1.165) is 9.87 Å². The number of aryl methyl sites for hydroxylation is 1. The predicted octanol–water partition coefficient (Wildman–Crippen LogP) is 2.85. The van der Waals surface area contributed by atoms with Crippen molar-refractivity contribution in [3.05, 3.63) is 65.7 Å². The highest BCUT2D eigenvalue weighted by Crippen LogP contribution is 2.35. The molecule has 3 rings (SSSR count). The monoisotopic (exact) mass is 431 g/mol. The van der Waals surface area contributed by atoms with Crippen molar-refractivity contribution in [2.24, 2.45) is 5.92 Å². The number of hydrogen-bond donors (Lipinski definition) is 0. The molecular formula is C22H25NO6S. The van der Waals surface area contributed by atoms with E-state index >= 15 is 0 Å². The third-order valence-electron chi connectivity index (χ3n) is 5.27. The molecule has 2 aromatic carbocycles. The summed E-state index contributed by atoms with van der Waals surface area (Å²) in [6.45, 7) is 3.43. The molecule has 30 heavy (non-hydrogen) atoms. The molecule has 1 saturated heterocycles. The Morgan fingerprint density at radius 2 is 1.73 bits per heavy atom. The number of carbonyl (C=O) groups excluding carboxylic acids is 2. The van der Waals surface area contributed by atoms with E-state index in [1.54, 1.807) is 43.3 Å². The highest BCUT2D eigenvalue weighted by atomic mass is 32.2. The number of hydrogen-bond acceptors (Lipinski definition) is 6. The first kappa shape index (κ1) is 22.0. The zero-order valence-electron chi connectivity index (χ0n) is 17.1. The van der Waals surface area contributed by atoms with E-state index in [0.29, 0.717) is 12.0 Å². The molecular weight excluding hydrogens is 406 g/mol. The summed E-state index contributed by atoms with van der Waals surface area (Å²) in [7, 11) is -2.63. The minimum absolute atomic E-state index is 0.0337. The second-order valence-corrected chi connectivity index (χ2v) is 9.01. The van der Waals surface area contributed by atoms with Crippen LogP contribution in [0.1, 0.15) is 30.6 Å². The number of esters is 1. The fourth-order valence-corrected chi connectivity index (χ4v) is 5.21. The van der Waals surface area contributed by atoms with Gasteiger partial charge >= 0.3 is 5.97 Å². The second-order valence-electron chi connectivity index (χ2n) is 7.19. The lowest BCUT2D eigenvalue weighted by molar-refractivity contribution is -0.165. The van der Waals surface area contributed by atoms with Gasteiger partial charge in [-0.3, -0.25) is 4.79 Å². The van der Waals surface area contributed by atoms with Gasteiger partial charge in [-0.25, -0.2) is 17.5 Å². The molecule has 1 aliphatic heterocycles. The summed E-state index contributed by atoms with van der Waals surface area (Å²) in [6, 6.07) is 14.4. The maximum atomic E-state index is 13.0. The molecule has 1 aliphatic rings.